The number of benzene rings is 2. The summed E-state index contributed by atoms with van der Waals surface area (Å²) in [5.74, 6) is 4.61. The van der Waals surface area contributed by atoms with Gasteiger partial charge in [0.1, 0.15) is 5.75 Å². The minimum Gasteiger partial charge on any atom is -0.435 e. The van der Waals surface area contributed by atoms with Gasteiger partial charge in [-0.15, -0.1) is 0 Å². The molecule has 1 atom stereocenters. The number of alkyl halides is 3. The van der Waals surface area contributed by atoms with Crippen LogP contribution in [0.25, 0.3) is 0 Å². The Hall–Kier alpha value is -3.47. The van der Waals surface area contributed by atoms with Crippen LogP contribution in [0, 0.1) is 18.8 Å². The van der Waals surface area contributed by atoms with E-state index in [0.29, 0.717) is 22.3 Å². The highest BCUT2D eigenvalue weighted by atomic mass is 19.3. The highest BCUT2D eigenvalue weighted by Gasteiger charge is 2.49. The summed E-state index contributed by atoms with van der Waals surface area (Å²) in [5.41, 5.74) is 6.23. The topological polar surface area (TPSA) is 67.9 Å². The van der Waals surface area contributed by atoms with Gasteiger partial charge in [0.15, 0.2) is 18.2 Å². The number of hydrogen-bond acceptors (Lipinski definition) is 4. The fraction of sp³-hybridized carbons (Fsp3) is 0.238. The van der Waals surface area contributed by atoms with Crippen molar-refractivity contribution in [2.75, 3.05) is 13.7 Å². The van der Waals surface area contributed by atoms with Gasteiger partial charge >= 0.3 is 6.61 Å². The molecule has 29 heavy (non-hydrogen) atoms. The number of halogens is 3. The first-order valence-corrected chi connectivity index (χ1v) is 8.64. The number of aliphatic imine (C=N–C) groups is 1. The van der Waals surface area contributed by atoms with E-state index < -0.39 is 24.7 Å². The number of carbonyl (C=O) groups excluding carboxylic acids is 1. The van der Waals surface area contributed by atoms with Gasteiger partial charge in [0.25, 0.3) is 5.91 Å². The predicted molar refractivity (Wildman–Crippen MR) is 102 cm³/mol. The van der Waals surface area contributed by atoms with Crippen LogP contribution in [0.2, 0.25) is 0 Å². The van der Waals surface area contributed by atoms with Gasteiger partial charge in [-0.1, -0.05) is 30.0 Å². The molecule has 1 aliphatic rings. The number of carbonyl (C=O) groups is 1. The quantitative estimate of drug-likeness (QED) is 0.801. The number of nitrogens with zero attached hydrogens (tertiary/aromatic N) is 2. The Morgan fingerprint density at radius 3 is 2.55 bits per heavy atom. The van der Waals surface area contributed by atoms with Crippen LogP contribution in [-0.4, -0.2) is 37.1 Å². The zero-order valence-corrected chi connectivity index (χ0v) is 15.7. The summed E-state index contributed by atoms with van der Waals surface area (Å²) in [4.78, 5) is 18.9. The van der Waals surface area contributed by atoms with Crippen LogP contribution < -0.4 is 10.5 Å². The molecular formula is C21H18F3N3O2. The Bertz CT molecular complexity index is 1040. The normalized spacial score (nSPS) is 18.5. The minimum absolute atomic E-state index is 0.00258. The molecule has 0 saturated heterocycles. The van der Waals surface area contributed by atoms with E-state index in [2.05, 4.69) is 21.6 Å². The molecule has 0 spiro atoms. The smallest absolute Gasteiger partial charge is 0.387 e. The molecule has 0 unspecified atom stereocenters. The Balaban J connectivity index is 2.20. The molecule has 0 fully saturated rings. The standard InChI is InChI=1S/C21H18F3N3O2/c1-13-11-16(8-9-17(13)29-19(23)24)21(18(28)27(2)20(25)26-21)15-7-3-5-14(12-15)6-4-10-22/h3,5,7-9,11-12,19H,10H2,1-2H3,(H2,25,26)/t21-/m0/s1. The Morgan fingerprint density at radius 2 is 1.97 bits per heavy atom. The number of rotatable bonds is 4. The van der Waals surface area contributed by atoms with Crippen LogP contribution in [0.1, 0.15) is 22.3 Å². The van der Waals surface area contributed by atoms with E-state index in [-0.39, 0.29) is 11.7 Å². The summed E-state index contributed by atoms with van der Waals surface area (Å²) in [7, 11) is 1.50. The van der Waals surface area contributed by atoms with Crippen molar-refractivity contribution < 1.29 is 22.7 Å². The SMILES string of the molecule is Cc1cc([C@]2(c3cccc(C#CCF)c3)N=C(N)N(C)C2=O)ccc1OC(F)F. The molecule has 1 heterocycles. The summed E-state index contributed by atoms with van der Waals surface area (Å²) in [5, 5.41) is 0. The monoisotopic (exact) mass is 401 g/mol. The Kier molecular flexibility index (Phi) is 5.50. The number of amides is 1. The molecule has 150 valence electrons. The molecule has 0 bridgehead atoms. The number of ether oxygens (including phenoxy) is 1. The largest absolute Gasteiger partial charge is 0.435 e. The average Bonchev–Trinajstić information content (AvgIpc) is 2.93. The Morgan fingerprint density at radius 1 is 1.24 bits per heavy atom. The Labute approximate surface area is 166 Å². The van der Waals surface area contributed by atoms with Crippen LogP contribution in [0.3, 0.4) is 0 Å². The highest BCUT2D eigenvalue weighted by molar-refractivity contribution is 6.09. The first-order valence-electron chi connectivity index (χ1n) is 8.64. The second-order valence-electron chi connectivity index (χ2n) is 6.42. The summed E-state index contributed by atoms with van der Waals surface area (Å²) < 4.78 is 42.1. The fourth-order valence-corrected chi connectivity index (χ4v) is 3.24. The zero-order valence-electron chi connectivity index (χ0n) is 15.7. The number of aryl methyl sites for hydroxylation is 1. The minimum atomic E-state index is -2.97. The van der Waals surface area contributed by atoms with E-state index in [1.54, 1.807) is 37.3 Å². The van der Waals surface area contributed by atoms with Gasteiger partial charge in [-0.3, -0.25) is 9.69 Å². The number of likely N-dealkylation sites (N-methyl/N-ethyl adjacent to an activating group) is 1. The maximum atomic E-state index is 13.2. The first-order chi connectivity index (χ1) is 13.8. The van der Waals surface area contributed by atoms with Crippen LogP contribution in [-0.2, 0) is 10.3 Å². The predicted octanol–water partition coefficient (Wildman–Crippen LogP) is 2.95. The summed E-state index contributed by atoms with van der Waals surface area (Å²) in [6.07, 6.45) is 0. The molecule has 0 aliphatic carbocycles. The van der Waals surface area contributed by atoms with Gasteiger partial charge in [-0.05, 0) is 47.9 Å². The van der Waals surface area contributed by atoms with E-state index in [1.807, 2.05) is 0 Å². The maximum Gasteiger partial charge on any atom is 0.387 e. The van der Waals surface area contributed by atoms with Gasteiger partial charge < -0.3 is 10.5 Å². The lowest BCUT2D eigenvalue weighted by Gasteiger charge is -2.27. The summed E-state index contributed by atoms with van der Waals surface area (Å²) >= 11 is 0. The molecule has 2 aromatic rings. The third kappa shape index (κ3) is 3.63. The molecule has 3 rings (SSSR count). The molecular weight excluding hydrogens is 383 g/mol. The van der Waals surface area contributed by atoms with E-state index in [9.17, 15) is 18.0 Å². The lowest BCUT2D eigenvalue weighted by Crippen LogP contribution is -2.41. The average molecular weight is 401 g/mol. The van der Waals surface area contributed by atoms with Crippen molar-refractivity contribution in [3.63, 3.8) is 0 Å². The molecule has 0 radical (unpaired) electrons. The lowest BCUT2D eigenvalue weighted by molar-refractivity contribution is -0.129. The number of guanidine groups is 1. The molecule has 8 heteroatoms. The van der Waals surface area contributed by atoms with E-state index in [4.69, 9.17) is 5.73 Å². The highest BCUT2D eigenvalue weighted by Crippen LogP contribution is 2.41. The molecule has 0 saturated carbocycles. The molecule has 1 aliphatic heterocycles. The number of nitrogens with two attached hydrogens (primary N) is 1. The fourth-order valence-electron chi connectivity index (χ4n) is 3.24. The van der Waals surface area contributed by atoms with Crippen molar-refractivity contribution in [2.24, 2.45) is 10.7 Å². The van der Waals surface area contributed by atoms with Gasteiger partial charge in [-0.25, -0.2) is 9.38 Å². The van der Waals surface area contributed by atoms with Crippen LogP contribution in [0.5, 0.6) is 5.75 Å². The van der Waals surface area contributed by atoms with Crippen LogP contribution in [0.15, 0.2) is 47.5 Å². The van der Waals surface area contributed by atoms with E-state index in [0.717, 1.165) is 0 Å². The van der Waals surface area contributed by atoms with Crippen molar-refractivity contribution >= 4 is 11.9 Å². The van der Waals surface area contributed by atoms with Gasteiger partial charge in [0.2, 0.25) is 0 Å². The third-order valence-electron chi connectivity index (χ3n) is 4.63. The van der Waals surface area contributed by atoms with Crippen molar-refractivity contribution in [1.82, 2.24) is 4.90 Å². The molecule has 2 N–H and O–H groups in total. The molecule has 1 amide bonds. The summed E-state index contributed by atoms with van der Waals surface area (Å²) in [6.45, 7) is -2.17. The van der Waals surface area contributed by atoms with Gasteiger partial charge in [-0.2, -0.15) is 8.78 Å². The van der Waals surface area contributed by atoms with Gasteiger partial charge in [0, 0.05) is 12.6 Å². The first kappa shape index (κ1) is 20.3. The molecule has 2 aromatic carbocycles. The van der Waals surface area contributed by atoms with Crippen molar-refractivity contribution in [3.05, 3.63) is 64.7 Å². The second kappa shape index (κ2) is 7.87. The van der Waals surface area contributed by atoms with Crippen LogP contribution >= 0.6 is 0 Å². The van der Waals surface area contributed by atoms with Crippen molar-refractivity contribution in [2.45, 2.75) is 19.1 Å². The summed E-state index contributed by atoms with van der Waals surface area (Å²) in [6, 6.07) is 11.1. The number of hydrogen-bond donors (Lipinski definition) is 1. The van der Waals surface area contributed by atoms with Crippen molar-refractivity contribution in [3.8, 4) is 17.6 Å². The maximum absolute atomic E-state index is 13.2. The van der Waals surface area contributed by atoms with Gasteiger partial charge in [0.05, 0.1) is 0 Å². The molecule has 5 nitrogen and oxygen atoms in total. The molecule has 0 aromatic heterocycles. The van der Waals surface area contributed by atoms with E-state index >= 15 is 0 Å². The second-order valence-corrected chi connectivity index (χ2v) is 6.42. The lowest BCUT2D eigenvalue weighted by atomic mass is 9.81. The van der Waals surface area contributed by atoms with E-state index in [1.165, 1.54) is 24.1 Å². The van der Waals surface area contributed by atoms with Crippen LogP contribution in [0.4, 0.5) is 13.2 Å². The van der Waals surface area contributed by atoms with Crippen molar-refractivity contribution in [1.29, 1.82) is 0 Å². The third-order valence-corrected chi connectivity index (χ3v) is 4.63. The zero-order chi connectivity index (χ0) is 21.2.